The molecule has 42 heavy (non-hydrogen) atoms. The SMILES string of the molecule is CC#CC1CN(S(=O)(=O)c2ccc(NC(=O)OC(C)(C)C)nc2)CCN1c1ccc(C(O)(C(F)(F)F)C(F)(F)F)cc1. The third-order valence-electron chi connectivity index (χ3n) is 6.09. The fourth-order valence-electron chi connectivity index (χ4n) is 4.12. The van der Waals surface area contributed by atoms with Crippen molar-refractivity contribution < 1.29 is 49.4 Å². The van der Waals surface area contributed by atoms with Gasteiger partial charge in [-0.2, -0.15) is 30.6 Å². The maximum absolute atomic E-state index is 13.3. The summed E-state index contributed by atoms with van der Waals surface area (Å²) in [6, 6.07) is 4.71. The molecule has 230 valence electrons. The van der Waals surface area contributed by atoms with Gasteiger partial charge in [0.1, 0.15) is 22.4 Å². The van der Waals surface area contributed by atoms with Gasteiger partial charge in [0, 0.05) is 37.1 Å². The lowest BCUT2D eigenvalue weighted by atomic mass is 9.92. The maximum atomic E-state index is 13.3. The van der Waals surface area contributed by atoms with Crippen LogP contribution in [-0.4, -0.2) is 72.5 Å². The first-order valence-corrected chi connectivity index (χ1v) is 13.8. The largest absolute Gasteiger partial charge is 0.444 e. The van der Waals surface area contributed by atoms with Crippen molar-refractivity contribution in [2.75, 3.05) is 29.9 Å². The third kappa shape index (κ3) is 6.90. The zero-order chi connectivity index (χ0) is 31.7. The summed E-state index contributed by atoms with van der Waals surface area (Å²) in [6.45, 7) is 6.21. The molecule has 1 aromatic heterocycles. The van der Waals surface area contributed by atoms with Crippen LogP contribution in [-0.2, 0) is 20.4 Å². The quantitative estimate of drug-likeness (QED) is 0.369. The van der Waals surface area contributed by atoms with Crippen molar-refractivity contribution in [3.63, 3.8) is 0 Å². The molecule has 16 heteroatoms. The molecular weight excluding hydrogens is 594 g/mol. The van der Waals surface area contributed by atoms with Crippen molar-refractivity contribution in [1.82, 2.24) is 9.29 Å². The van der Waals surface area contributed by atoms with Gasteiger partial charge in [-0.05, 0) is 52.0 Å². The van der Waals surface area contributed by atoms with Crippen molar-refractivity contribution >= 4 is 27.6 Å². The highest BCUT2D eigenvalue weighted by Gasteiger charge is 2.71. The number of amides is 1. The topological polar surface area (TPSA) is 112 Å². The second kappa shape index (κ2) is 11.6. The molecule has 1 unspecified atom stereocenters. The van der Waals surface area contributed by atoms with E-state index in [0.717, 1.165) is 22.6 Å². The van der Waals surface area contributed by atoms with Gasteiger partial charge >= 0.3 is 18.4 Å². The Kier molecular flexibility index (Phi) is 9.11. The van der Waals surface area contributed by atoms with E-state index in [2.05, 4.69) is 22.1 Å². The molecule has 1 aromatic carbocycles. The highest BCUT2D eigenvalue weighted by molar-refractivity contribution is 7.89. The first-order valence-electron chi connectivity index (χ1n) is 12.3. The molecule has 1 aliphatic heterocycles. The molecular formula is C26H28F6N4O5S. The number of hydrogen-bond acceptors (Lipinski definition) is 7. The lowest BCUT2D eigenvalue weighted by Crippen LogP contribution is -2.55. The predicted molar refractivity (Wildman–Crippen MR) is 140 cm³/mol. The number of piperazine rings is 1. The van der Waals surface area contributed by atoms with Gasteiger partial charge in [0.15, 0.2) is 0 Å². The molecule has 0 aliphatic carbocycles. The monoisotopic (exact) mass is 622 g/mol. The second-order valence-electron chi connectivity index (χ2n) is 10.2. The van der Waals surface area contributed by atoms with Crippen LogP contribution in [0.25, 0.3) is 0 Å². The van der Waals surface area contributed by atoms with E-state index in [1.54, 1.807) is 25.7 Å². The smallest absolute Gasteiger partial charge is 0.430 e. The number of ether oxygens (including phenoxy) is 1. The maximum Gasteiger partial charge on any atom is 0.430 e. The van der Waals surface area contributed by atoms with Crippen molar-refractivity contribution in [1.29, 1.82) is 0 Å². The van der Waals surface area contributed by atoms with E-state index in [-0.39, 0.29) is 36.0 Å². The number of sulfonamides is 1. The molecule has 0 spiro atoms. The number of carbonyl (C=O) groups is 1. The molecule has 1 aliphatic rings. The van der Waals surface area contributed by atoms with Crippen molar-refractivity contribution in [2.45, 2.75) is 62.2 Å². The fraction of sp³-hybridized carbons (Fsp3) is 0.462. The highest BCUT2D eigenvalue weighted by atomic mass is 32.2. The van der Waals surface area contributed by atoms with Gasteiger partial charge in [-0.1, -0.05) is 18.1 Å². The van der Waals surface area contributed by atoms with Gasteiger partial charge in [-0.15, -0.1) is 5.92 Å². The molecule has 2 aromatic rings. The van der Waals surface area contributed by atoms with E-state index in [1.165, 1.54) is 19.1 Å². The molecule has 1 amide bonds. The zero-order valence-electron chi connectivity index (χ0n) is 22.8. The van der Waals surface area contributed by atoms with Crippen molar-refractivity contribution in [3.05, 3.63) is 48.2 Å². The predicted octanol–water partition coefficient (Wildman–Crippen LogP) is 4.64. The summed E-state index contributed by atoms with van der Waals surface area (Å²) in [5, 5.41) is 12.0. The van der Waals surface area contributed by atoms with Gasteiger partial charge in [0.25, 0.3) is 5.60 Å². The summed E-state index contributed by atoms with van der Waals surface area (Å²) in [5.74, 6) is 5.51. The number of carbonyl (C=O) groups excluding carboxylic acids is 1. The van der Waals surface area contributed by atoms with E-state index in [4.69, 9.17) is 4.74 Å². The average molecular weight is 623 g/mol. The fourth-order valence-corrected chi connectivity index (χ4v) is 5.51. The van der Waals surface area contributed by atoms with E-state index >= 15 is 0 Å². The van der Waals surface area contributed by atoms with Crippen LogP contribution in [0, 0.1) is 11.8 Å². The molecule has 2 N–H and O–H groups in total. The zero-order valence-corrected chi connectivity index (χ0v) is 23.7. The first kappa shape index (κ1) is 33.0. The molecule has 1 fully saturated rings. The Bertz CT molecular complexity index is 1430. The number of anilines is 2. The van der Waals surface area contributed by atoms with E-state index in [9.17, 15) is 44.7 Å². The summed E-state index contributed by atoms with van der Waals surface area (Å²) in [7, 11) is -4.10. The van der Waals surface area contributed by atoms with E-state index in [1.807, 2.05) is 0 Å². The number of halogens is 6. The summed E-state index contributed by atoms with van der Waals surface area (Å²) in [6.07, 6.45) is -11.8. The molecule has 0 bridgehead atoms. The minimum atomic E-state index is -6.03. The average Bonchev–Trinajstić information content (AvgIpc) is 2.86. The minimum absolute atomic E-state index is 0.00750. The van der Waals surface area contributed by atoms with Crippen LogP contribution < -0.4 is 10.2 Å². The Morgan fingerprint density at radius 3 is 2.10 bits per heavy atom. The molecule has 0 radical (unpaired) electrons. The lowest BCUT2D eigenvalue weighted by Gasteiger charge is -2.40. The molecule has 1 saturated heterocycles. The molecule has 1 atom stereocenters. The van der Waals surface area contributed by atoms with Crippen molar-refractivity contribution in [2.24, 2.45) is 0 Å². The standard InChI is InChI=1S/C26H28F6N4O5S/c1-5-6-19-16-35(42(39,40)20-11-12-21(33-15-20)34-22(37)41-23(2,3)4)13-14-36(19)18-9-7-17(8-10-18)24(38,25(27,28)29)26(30,31)32/h7-12,15,19,38H,13-14,16H2,1-4H3,(H,33,34,37). The second-order valence-corrected chi connectivity index (χ2v) is 12.2. The third-order valence-corrected chi connectivity index (χ3v) is 7.94. The van der Waals surface area contributed by atoms with E-state index < -0.39 is 51.3 Å². The number of alkyl halides is 6. The van der Waals surface area contributed by atoms with Crippen LogP contribution >= 0.6 is 0 Å². The Morgan fingerprint density at radius 2 is 1.62 bits per heavy atom. The highest BCUT2D eigenvalue weighted by Crippen LogP contribution is 2.50. The number of hydrogen-bond donors (Lipinski definition) is 2. The minimum Gasteiger partial charge on any atom is -0.444 e. The number of aromatic nitrogens is 1. The normalized spacial score (nSPS) is 17.3. The summed E-state index contributed by atoms with van der Waals surface area (Å²) < 4.78 is 112. The Hall–Kier alpha value is -3.55. The van der Waals surface area contributed by atoms with Crippen molar-refractivity contribution in [3.8, 4) is 11.8 Å². The number of nitrogens with one attached hydrogen (secondary N) is 1. The van der Waals surface area contributed by atoms with Crippen LogP contribution in [0.1, 0.15) is 33.3 Å². The van der Waals surface area contributed by atoms with E-state index in [0.29, 0.717) is 12.1 Å². The Labute approximate surface area is 238 Å². The van der Waals surface area contributed by atoms with Crippen LogP contribution in [0.15, 0.2) is 47.5 Å². The Balaban J connectivity index is 1.80. The van der Waals surface area contributed by atoms with Gasteiger partial charge in [0.2, 0.25) is 10.0 Å². The number of benzene rings is 1. The molecule has 0 saturated carbocycles. The van der Waals surface area contributed by atoms with Gasteiger partial charge in [-0.25, -0.2) is 18.2 Å². The Morgan fingerprint density at radius 1 is 1.02 bits per heavy atom. The molecule has 2 heterocycles. The van der Waals surface area contributed by atoms with Crippen LogP contribution in [0.5, 0.6) is 0 Å². The summed E-state index contributed by atoms with van der Waals surface area (Å²) in [4.78, 5) is 17.2. The number of pyridine rings is 1. The van der Waals surface area contributed by atoms with Gasteiger partial charge in [0.05, 0.1) is 0 Å². The van der Waals surface area contributed by atoms with Crippen LogP contribution in [0.3, 0.4) is 0 Å². The molecule has 3 rings (SSSR count). The summed E-state index contributed by atoms with van der Waals surface area (Å²) in [5.41, 5.74) is -7.07. The van der Waals surface area contributed by atoms with Gasteiger partial charge < -0.3 is 14.7 Å². The lowest BCUT2D eigenvalue weighted by molar-refractivity contribution is -0.376. The van der Waals surface area contributed by atoms with Gasteiger partial charge in [-0.3, -0.25) is 5.32 Å². The number of aliphatic hydroxyl groups is 1. The van der Waals surface area contributed by atoms with Crippen LogP contribution in [0.2, 0.25) is 0 Å². The van der Waals surface area contributed by atoms with Crippen LogP contribution in [0.4, 0.5) is 42.6 Å². The summed E-state index contributed by atoms with van der Waals surface area (Å²) >= 11 is 0. The molecule has 9 nitrogen and oxygen atoms in total. The number of nitrogens with zero attached hydrogens (tertiary/aromatic N) is 3. The number of rotatable bonds is 5. The first-order chi connectivity index (χ1) is 19.2.